The number of amides is 1. The standard InChI is InChI=1S/C26H24N4O3/c1-18-8-11-21(12-9-18)22-15-23(29-28-22)26(31)30-27-16-20-10-13-24(32-2)25(14-20)33-17-19-6-4-3-5-7-19/h3-16H,17H2,1-2H3,(H,28,29)(H,30,31). The summed E-state index contributed by atoms with van der Waals surface area (Å²) >= 11 is 0. The molecule has 0 atom stereocenters. The largest absolute Gasteiger partial charge is 0.493 e. The second-order valence-corrected chi connectivity index (χ2v) is 7.42. The molecule has 0 spiro atoms. The summed E-state index contributed by atoms with van der Waals surface area (Å²) in [4.78, 5) is 12.4. The van der Waals surface area contributed by atoms with Crippen molar-refractivity contribution in [3.63, 3.8) is 0 Å². The van der Waals surface area contributed by atoms with Crippen LogP contribution in [0.1, 0.15) is 27.2 Å². The smallest absolute Gasteiger partial charge is 0.289 e. The number of nitrogens with zero attached hydrogens (tertiary/aromatic N) is 2. The van der Waals surface area contributed by atoms with Crippen LogP contribution in [0.2, 0.25) is 0 Å². The number of hydrogen-bond donors (Lipinski definition) is 2. The Morgan fingerprint density at radius 3 is 2.58 bits per heavy atom. The summed E-state index contributed by atoms with van der Waals surface area (Å²) < 4.78 is 11.3. The molecule has 0 bridgehead atoms. The molecule has 166 valence electrons. The molecule has 4 rings (SSSR count). The summed E-state index contributed by atoms with van der Waals surface area (Å²) in [5.41, 5.74) is 7.43. The van der Waals surface area contributed by atoms with E-state index in [-0.39, 0.29) is 5.91 Å². The lowest BCUT2D eigenvalue weighted by Crippen LogP contribution is -2.18. The first kappa shape index (κ1) is 21.8. The van der Waals surface area contributed by atoms with Gasteiger partial charge in [0.15, 0.2) is 11.5 Å². The summed E-state index contributed by atoms with van der Waals surface area (Å²) in [6.45, 7) is 2.43. The van der Waals surface area contributed by atoms with Crippen molar-refractivity contribution in [1.82, 2.24) is 15.6 Å². The summed E-state index contributed by atoms with van der Waals surface area (Å²) in [5, 5.41) is 11.0. The van der Waals surface area contributed by atoms with Gasteiger partial charge in [0, 0.05) is 5.56 Å². The normalized spacial score (nSPS) is 10.8. The van der Waals surface area contributed by atoms with Crippen molar-refractivity contribution < 1.29 is 14.3 Å². The van der Waals surface area contributed by atoms with Crippen molar-refractivity contribution >= 4 is 12.1 Å². The first-order valence-electron chi connectivity index (χ1n) is 10.4. The van der Waals surface area contributed by atoms with E-state index in [1.807, 2.05) is 73.7 Å². The van der Waals surface area contributed by atoms with Gasteiger partial charge >= 0.3 is 0 Å². The molecule has 0 aliphatic carbocycles. The van der Waals surface area contributed by atoms with Crippen LogP contribution in [-0.2, 0) is 6.61 Å². The molecule has 2 N–H and O–H groups in total. The number of aromatic nitrogens is 2. The van der Waals surface area contributed by atoms with Gasteiger partial charge in [0.2, 0.25) is 0 Å². The van der Waals surface area contributed by atoms with Crippen LogP contribution in [0.15, 0.2) is 84.0 Å². The Labute approximate surface area is 192 Å². The van der Waals surface area contributed by atoms with Gasteiger partial charge in [0.25, 0.3) is 5.91 Å². The molecule has 0 aliphatic rings. The average Bonchev–Trinajstić information content (AvgIpc) is 3.34. The van der Waals surface area contributed by atoms with Crippen molar-refractivity contribution in [2.24, 2.45) is 5.10 Å². The maximum absolute atomic E-state index is 12.4. The zero-order chi connectivity index (χ0) is 23.0. The first-order chi connectivity index (χ1) is 16.1. The molecule has 1 aromatic heterocycles. The van der Waals surface area contributed by atoms with Gasteiger partial charge < -0.3 is 9.47 Å². The van der Waals surface area contributed by atoms with Gasteiger partial charge in [-0.15, -0.1) is 0 Å². The number of aryl methyl sites for hydroxylation is 1. The molecule has 4 aromatic rings. The van der Waals surface area contributed by atoms with Gasteiger partial charge in [-0.2, -0.15) is 10.2 Å². The molecule has 0 unspecified atom stereocenters. The number of ether oxygens (including phenoxy) is 2. The maximum atomic E-state index is 12.4. The Bertz CT molecular complexity index is 1250. The zero-order valence-electron chi connectivity index (χ0n) is 18.4. The molecule has 7 heteroatoms. The van der Waals surface area contributed by atoms with Gasteiger partial charge in [0.1, 0.15) is 12.3 Å². The quantitative estimate of drug-likeness (QED) is 0.306. The topological polar surface area (TPSA) is 88.6 Å². The number of carbonyl (C=O) groups excluding carboxylic acids is 1. The van der Waals surface area contributed by atoms with Gasteiger partial charge in [-0.05, 0) is 42.3 Å². The molecule has 33 heavy (non-hydrogen) atoms. The highest BCUT2D eigenvalue weighted by Crippen LogP contribution is 2.28. The van der Waals surface area contributed by atoms with Crippen LogP contribution in [0.3, 0.4) is 0 Å². The molecule has 1 heterocycles. The lowest BCUT2D eigenvalue weighted by atomic mass is 10.1. The highest BCUT2D eigenvalue weighted by molar-refractivity contribution is 5.94. The van der Waals surface area contributed by atoms with Gasteiger partial charge in [-0.3, -0.25) is 9.89 Å². The van der Waals surface area contributed by atoms with E-state index in [9.17, 15) is 4.79 Å². The number of aromatic amines is 1. The molecule has 0 saturated carbocycles. The van der Waals surface area contributed by atoms with E-state index >= 15 is 0 Å². The van der Waals surface area contributed by atoms with E-state index in [4.69, 9.17) is 9.47 Å². The van der Waals surface area contributed by atoms with Crippen LogP contribution in [0, 0.1) is 6.92 Å². The first-order valence-corrected chi connectivity index (χ1v) is 10.4. The summed E-state index contributed by atoms with van der Waals surface area (Å²) in [6.07, 6.45) is 1.55. The van der Waals surface area contributed by atoms with Crippen LogP contribution < -0.4 is 14.9 Å². The van der Waals surface area contributed by atoms with Gasteiger partial charge in [-0.25, -0.2) is 5.43 Å². The Balaban J connectivity index is 1.39. The third kappa shape index (κ3) is 5.65. The fourth-order valence-corrected chi connectivity index (χ4v) is 3.16. The van der Waals surface area contributed by atoms with E-state index in [0.717, 1.165) is 22.3 Å². The summed E-state index contributed by atoms with van der Waals surface area (Å²) in [5.74, 6) is 0.826. The second-order valence-electron chi connectivity index (χ2n) is 7.42. The van der Waals surface area contributed by atoms with E-state index in [1.165, 1.54) is 0 Å². The maximum Gasteiger partial charge on any atom is 0.289 e. The Kier molecular flexibility index (Phi) is 6.80. The third-order valence-electron chi connectivity index (χ3n) is 4.97. The zero-order valence-corrected chi connectivity index (χ0v) is 18.4. The number of rotatable bonds is 8. The molecule has 0 fully saturated rings. The number of carbonyl (C=O) groups is 1. The molecule has 3 aromatic carbocycles. The number of hydrogen-bond acceptors (Lipinski definition) is 5. The number of methoxy groups -OCH3 is 1. The fourth-order valence-electron chi connectivity index (χ4n) is 3.16. The summed E-state index contributed by atoms with van der Waals surface area (Å²) in [7, 11) is 1.59. The van der Waals surface area contributed by atoms with Crippen LogP contribution in [0.25, 0.3) is 11.3 Å². The minimum atomic E-state index is -0.383. The minimum Gasteiger partial charge on any atom is -0.493 e. The molecule has 0 aliphatic heterocycles. The van der Waals surface area contributed by atoms with Crippen LogP contribution in [0.5, 0.6) is 11.5 Å². The lowest BCUT2D eigenvalue weighted by Gasteiger charge is -2.11. The van der Waals surface area contributed by atoms with Crippen LogP contribution in [-0.4, -0.2) is 29.4 Å². The highest BCUT2D eigenvalue weighted by Gasteiger charge is 2.10. The fraction of sp³-hybridized carbons (Fsp3) is 0.115. The molecule has 1 amide bonds. The number of nitrogens with one attached hydrogen (secondary N) is 2. The van der Waals surface area contributed by atoms with Gasteiger partial charge in [0.05, 0.1) is 19.0 Å². The Morgan fingerprint density at radius 2 is 1.82 bits per heavy atom. The van der Waals surface area contributed by atoms with Gasteiger partial charge in [-0.1, -0.05) is 60.2 Å². The minimum absolute atomic E-state index is 0.323. The second kappa shape index (κ2) is 10.3. The predicted molar refractivity (Wildman–Crippen MR) is 128 cm³/mol. The monoisotopic (exact) mass is 440 g/mol. The molecular formula is C26H24N4O3. The Hall–Kier alpha value is -4.39. The highest BCUT2D eigenvalue weighted by atomic mass is 16.5. The van der Waals surface area contributed by atoms with E-state index in [1.54, 1.807) is 25.5 Å². The van der Waals surface area contributed by atoms with Crippen LogP contribution in [0.4, 0.5) is 0 Å². The van der Waals surface area contributed by atoms with Crippen molar-refractivity contribution in [2.45, 2.75) is 13.5 Å². The predicted octanol–water partition coefficient (Wildman–Crippen LogP) is 4.74. The van der Waals surface area contributed by atoms with E-state index in [2.05, 4.69) is 20.7 Å². The number of H-pyrrole nitrogens is 1. The number of benzene rings is 3. The van der Waals surface area contributed by atoms with Crippen molar-refractivity contribution in [3.8, 4) is 22.8 Å². The Morgan fingerprint density at radius 1 is 1.03 bits per heavy atom. The molecule has 7 nitrogen and oxygen atoms in total. The number of hydrazone groups is 1. The van der Waals surface area contributed by atoms with Crippen molar-refractivity contribution in [2.75, 3.05) is 7.11 Å². The molecular weight excluding hydrogens is 416 g/mol. The third-order valence-corrected chi connectivity index (χ3v) is 4.97. The lowest BCUT2D eigenvalue weighted by molar-refractivity contribution is 0.0950. The SMILES string of the molecule is COc1ccc(C=NNC(=O)c2cc(-c3ccc(C)cc3)n[nH]2)cc1OCc1ccccc1. The van der Waals surface area contributed by atoms with E-state index < -0.39 is 0 Å². The van der Waals surface area contributed by atoms with Crippen LogP contribution >= 0.6 is 0 Å². The molecule has 0 radical (unpaired) electrons. The van der Waals surface area contributed by atoms with Crippen molar-refractivity contribution in [1.29, 1.82) is 0 Å². The van der Waals surface area contributed by atoms with Crippen molar-refractivity contribution in [3.05, 3.63) is 101 Å². The summed E-state index contributed by atoms with van der Waals surface area (Å²) in [6, 6.07) is 24.9. The van der Waals surface area contributed by atoms with E-state index in [0.29, 0.717) is 29.5 Å². The average molecular weight is 441 g/mol. The molecule has 0 saturated heterocycles.